The summed E-state index contributed by atoms with van der Waals surface area (Å²) in [6, 6.07) is 11.7. The quantitative estimate of drug-likeness (QED) is 0.741. The van der Waals surface area contributed by atoms with Crippen LogP contribution in [0.4, 0.5) is 0 Å². The largest absolute Gasteiger partial charge is 0.481 e. The first-order valence-electron chi connectivity index (χ1n) is 6.92. The third-order valence-electron chi connectivity index (χ3n) is 3.64. The first-order valence-corrected chi connectivity index (χ1v) is 7.30. The Bertz CT molecular complexity index is 756. The smallest absolute Gasteiger partial charge is 0.153 e. The van der Waals surface area contributed by atoms with Gasteiger partial charge in [-0.05, 0) is 56.2 Å². The zero-order chi connectivity index (χ0) is 15.0. The second kappa shape index (κ2) is 5.41. The highest BCUT2D eigenvalue weighted by Crippen LogP contribution is 2.28. The summed E-state index contributed by atoms with van der Waals surface area (Å²) in [5, 5.41) is 0.604. The highest BCUT2D eigenvalue weighted by atomic mass is 35.5. The molecule has 0 aliphatic carbocycles. The SMILES string of the molecule is Cc1cc2nc(C(C)Oc3ccccc3Cl)[nH]c2cc1C. The third kappa shape index (κ3) is 2.74. The van der Waals surface area contributed by atoms with Crippen LogP contribution in [0.5, 0.6) is 5.75 Å². The molecule has 0 aliphatic rings. The zero-order valence-corrected chi connectivity index (χ0v) is 13.0. The van der Waals surface area contributed by atoms with Gasteiger partial charge in [0.25, 0.3) is 0 Å². The van der Waals surface area contributed by atoms with Crippen LogP contribution >= 0.6 is 11.6 Å². The van der Waals surface area contributed by atoms with Gasteiger partial charge < -0.3 is 9.72 Å². The fourth-order valence-corrected chi connectivity index (χ4v) is 2.45. The lowest BCUT2D eigenvalue weighted by molar-refractivity contribution is 0.218. The molecule has 1 unspecified atom stereocenters. The maximum Gasteiger partial charge on any atom is 0.153 e. The number of rotatable bonds is 3. The molecule has 0 bridgehead atoms. The van der Waals surface area contributed by atoms with Crippen molar-refractivity contribution >= 4 is 22.6 Å². The maximum absolute atomic E-state index is 6.12. The molecule has 21 heavy (non-hydrogen) atoms. The van der Waals surface area contributed by atoms with Crippen molar-refractivity contribution in [3.05, 3.63) is 58.4 Å². The van der Waals surface area contributed by atoms with Crippen LogP contribution in [0.2, 0.25) is 5.02 Å². The fourth-order valence-electron chi connectivity index (χ4n) is 2.27. The van der Waals surface area contributed by atoms with Crippen molar-refractivity contribution in [2.45, 2.75) is 26.9 Å². The van der Waals surface area contributed by atoms with Crippen LogP contribution in [-0.4, -0.2) is 9.97 Å². The van der Waals surface area contributed by atoms with Gasteiger partial charge in [-0.15, -0.1) is 0 Å². The van der Waals surface area contributed by atoms with Crippen LogP contribution in [0.1, 0.15) is 30.0 Å². The second-order valence-corrected chi connectivity index (χ2v) is 5.67. The van der Waals surface area contributed by atoms with Crippen molar-refractivity contribution in [1.29, 1.82) is 0 Å². The van der Waals surface area contributed by atoms with E-state index in [0.29, 0.717) is 10.8 Å². The van der Waals surface area contributed by atoms with E-state index in [9.17, 15) is 0 Å². The Morgan fingerprint density at radius 2 is 1.86 bits per heavy atom. The van der Waals surface area contributed by atoms with Gasteiger partial charge in [-0.25, -0.2) is 4.98 Å². The van der Waals surface area contributed by atoms with Gasteiger partial charge in [-0.3, -0.25) is 0 Å². The highest BCUT2D eigenvalue weighted by molar-refractivity contribution is 6.32. The van der Waals surface area contributed by atoms with E-state index >= 15 is 0 Å². The molecule has 3 nitrogen and oxygen atoms in total. The first kappa shape index (κ1) is 14.0. The number of hydrogen-bond acceptors (Lipinski definition) is 2. The maximum atomic E-state index is 6.12. The van der Waals surface area contributed by atoms with E-state index < -0.39 is 0 Å². The molecule has 1 heterocycles. The third-order valence-corrected chi connectivity index (χ3v) is 3.95. The molecule has 0 aliphatic heterocycles. The Balaban J connectivity index is 1.91. The average molecular weight is 301 g/mol. The van der Waals surface area contributed by atoms with E-state index in [1.807, 2.05) is 31.2 Å². The van der Waals surface area contributed by atoms with Gasteiger partial charge in [0.2, 0.25) is 0 Å². The topological polar surface area (TPSA) is 37.9 Å². The van der Waals surface area contributed by atoms with Crippen LogP contribution in [0.15, 0.2) is 36.4 Å². The van der Waals surface area contributed by atoms with Crippen LogP contribution in [0.3, 0.4) is 0 Å². The van der Waals surface area contributed by atoms with E-state index in [2.05, 4.69) is 35.9 Å². The number of hydrogen-bond donors (Lipinski definition) is 1. The number of aryl methyl sites for hydroxylation is 2. The normalized spacial score (nSPS) is 12.6. The molecule has 1 aromatic heterocycles. The van der Waals surface area contributed by atoms with E-state index in [1.54, 1.807) is 0 Å². The van der Waals surface area contributed by atoms with Crippen LogP contribution in [0.25, 0.3) is 11.0 Å². The van der Waals surface area contributed by atoms with Crippen LogP contribution in [-0.2, 0) is 0 Å². The Labute approximate surface area is 128 Å². The van der Waals surface area contributed by atoms with Crippen molar-refractivity contribution in [3.63, 3.8) is 0 Å². The van der Waals surface area contributed by atoms with Crippen LogP contribution in [0, 0.1) is 13.8 Å². The van der Waals surface area contributed by atoms with Gasteiger partial charge in [0.1, 0.15) is 11.6 Å². The molecule has 0 saturated carbocycles. The van der Waals surface area contributed by atoms with E-state index in [-0.39, 0.29) is 6.10 Å². The monoisotopic (exact) mass is 300 g/mol. The number of fused-ring (bicyclic) bond motifs is 1. The van der Waals surface area contributed by atoms with Gasteiger partial charge >= 0.3 is 0 Å². The molecule has 0 radical (unpaired) electrons. The summed E-state index contributed by atoms with van der Waals surface area (Å²) in [5.41, 5.74) is 4.48. The molecule has 2 aromatic carbocycles. The van der Waals surface area contributed by atoms with Crippen LogP contribution < -0.4 is 4.74 Å². The summed E-state index contributed by atoms with van der Waals surface area (Å²) in [7, 11) is 0. The van der Waals surface area contributed by atoms with Crippen molar-refractivity contribution in [3.8, 4) is 5.75 Å². The average Bonchev–Trinajstić information content (AvgIpc) is 2.85. The van der Waals surface area contributed by atoms with E-state index in [1.165, 1.54) is 11.1 Å². The van der Waals surface area contributed by atoms with Crippen molar-refractivity contribution < 1.29 is 4.74 Å². The number of imidazole rings is 1. The Morgan fingerprint density at radius 1 is 1.14 bits per heavy atom. The number of H-pyrrole nitrogens is 1. The summed E-state index contributed by atoms with van der Waals surface area (Å²) < 4.78 is 5.90. The molecule has 0 amide bonds. The number of aromatic amines is 1. The van der Waals surface area contributed by atoms with E-state index in [0.717, 1.165) is 16.9 Å². The molecule has 1 atom stereocenters. The molecule has 0 spiro atoms. The summed E-state index contributed by atoms with van der Waals surface area (Å²) in [4.78, 5) is 7.94. The number of nitrogens with one attached hydrogen (secondary N) is 1. The molecule has 0 fully saturated rings. The lowest BCUT2D eigenvalue weighted by atomic mass is 10.1. The Hall–Kier alpha value is -2.00. The molecule has 3 aromatic rings. The minimum absolute atomic E-state index is 0.196. The van der Waals surface area contributed by atoms with Crippen molar-refractivity contribution in [1.82, 2.24) is 9.97 Å². The predicted octanol–water partition coefficient (Wildman–Crippen LogP) is 4.97. The van der Waals surface area contributed by atoms with Crippen molar-refractivity contribution in [2.24, 2.45) is 0 Å². The summed E-state index contributed by atoms with van der Waals surface area (Å²) in [6.45, 7) is 6.15. The second-order valence-electron chi connectivity index (χ2n) is 5.27. The number of nitrogens with zero attached hydrogens (tertiary/aromatic N) is 1. The van der Waals surface area contributed by atoms with Gasteiger partial charge in [0, 0.05) is 0 Å². The highest BCUT2D eigenvalue weighted by Gasteiger charge is 2.14. The zero-order valence-electron chi connectivity index (χ0n) is 12.3. The molecule has 3 rings (SSSR count). The lowest BCUT2D eigenvalue weighted by Gasteiger charge is -2.13. The van der Waals surface area contributed by atoms with Gasteiger partial charge in [0.05, 0.1) is 16.1 Å². The molecular weight excluding hydrogens is 284 g/mol. The van der Waals surface area contributed by atoms with Gasteiger partial charge in [-0.1, -0.05) is 23.7 Å². The molecule has 0 saturated heterocycles. The predicted molar refractivity (Wildman–Crippen MR) is 86.1 cm³/mol. The Morgan fingerprint density at radius 3 is 2.62 bits per heavy atom. The Kier molecular flexibility index (Phi) is 3.60. The number of benzene rings is 2. The number of para-hydroxylation sites is 1. The fraction of sp³-hybridized carbons (Fsp3) is 0.235. The summed E-state index contributed by atoms with van der Waals surface area (Å²) in [5.74, 6) is 1.47. The number of halogens is 1. The minimum atomic E-state index is -0.196. The first-order chi connectivity index (χ1) is 10.0. The standard InChI is InChI=1S/C17H17ClN2O/c1-10-8-14-15(9-11(10)2)20-17(19-14)12(3)21-16-7-5-4-6-13(16)18/h4-9,12H,1-3H3,(H,19,20). The number of aromatic nitrogens is 2. The molecule has 4 heteroatoms. The van der Waals surface area contributed by atoms with Gasteiger partial charge in [0.15, 0.2) is 6.10 Å². The number of ether oxygens (including phenoxy) is 1. The minimum Gasteiger partial charge on any atom is -0.481 e. The van der Waals surface area contributed by atoms with Crippen molar-refractivity contribution in [2.75, 3.05) is 0 Å². The molecule has 108 valence electrons. The van der Waals surface area contributed by atoms with Gasteiger partial charge in [-0.2, -0.15) is 0 Å². The summed E-state index contributed by atoms with van der Waals surface area (Å²) in [6.07, 6.45) is -0.196. The molecule has 1 N–H and O–H groups in total. The van der Waals surface area contributed by atoms with E-state index in [4.69, 9.17) is 16.3 Å². The summed E-state index contributed by atoms with van der Waals surface area (Å²) >= 11 is 6.12. The lowest BCUT2D eigenvalue weighted by Crippen LogP contribution is -2.05. The molecular formula is C17H17ClN2O.